The second kappa shape index (κ2) is 8.36. The molecular formula is C22H19FN4OS. The van der Waals surface area contributed by atoms with E-state index < -0.39 is 0 Å². The van der Waals surface area contributed by atoms with Gasteiger partial charge in [-0.05, 0) is 53.7 Å². The summed E-state index contributed by atoms with van der Waals surface area (Å²) in [5, 5.41) is 13.8. The van der Waals surface area contributed by atoms with Crippen LogP contribution in [0.4, 0.5) is 4.39 Å². The molecule has 0 atom stereocenters. The van der Waals surface area contributed by atoms with E-state index in [2.05, 4.69) is 15.3 Å². The Morgan fingerprint density at radius 3 is 2.72 bits per heavy atom. The van der Waals surface area contributed by atoms with Crippen LogP contribution >= 0.6 is 12.2 Å². The summed E-state index contributed by atoms with van der Waals surface area (Å²) >= 11 is 5.35. The first-order valence-electron chi connectivity index (χ1n) is 9.25. The van der Waals surface area contributed by atoms with Gasteiger partial charge in [0.2, 0.25) is 4.77 Å². The Morgan fingerprint density at radius 2 is 1.93 bits per heavy atom. The van der Waals surface area contributed by atoms with E-state index >= 15 is 0 Å². The first-order valence-corrected chi connectivity index (χ1v) is 9.66. The van der Waals surface area contributed by atoms with Gasteiger partial charge < -0.3 is 4.74 Å². The van der Waals surface area contributed by atoms with Crippen LogP contribution in [0.1, 0.15) is 23.9 Å². The zero-order valence-electron chi connectivity index (χ0n) is 15.8. The van der Waals surface area contributed by atoms with Crippen LogP contribution in [0, 0.1) is 10.6 Å². The van der Waals surface area contributed by atoms with E-state index in [1.54, 1.807) is 23.0 Å². The highest BCUT2D eigenvalue weighted by molar-refractivity contribution is 7.71. The van der Waals surface area contributed by atoms with Gasteiger partial charge in [-0.25, -0.2) is 4.39 Å². The normalized spacial score (nSPS) is 11.4. The maximum absolute atomic E-state index is 13.2. The van der Waals surface area contributed by atoms with Crippen LogP contribution < -0.4 is 4.74 Å². The predicted octanol–water partition coefficient (Wildman–Crippen LogP) is 5.10. The molecule has 0 radical (unpaired) electrons. The molecule has 146 valence electrons. The lowest BCUT2D eigenvalue weighted by Gasteiger charge is -2.10. The highest BCUT2D eigenvalue weighted by atomic mass is 32.1. The van der Waals surface area contributed by atoms with E-state index in [1.165, 1.54) is 12.1 Å². The molecule has 3 aromatic carbocycles. The molecule has 4 aromatic rings. The minimum atomic E-state index is -0.273. The number of aromatic nitrogens is 3. The molecule has 0 aliphatic rings. The molecule has 0 saturated carbocycles. The third-order valence-corrected chi connectivity index (χ3v) is 4.79. The van der Waals surface area contributed by atoms with Crippen molar-refractivity contribution in [2.45, 2.75) is 13.3 Å². The molecule has 5 nitrogen and oxygen atoms in total. The maximum atomic E-state index is 13.2. The number of H-pyrrole nitrogens is 1. The van der Waals surface area contributed by atoms with Crippen molar-refractivity contribution in [3.05, 3.63) is 88.2 Å². The van der Waals surface area contributed by atoms with Gasteiger partial charge in [0.1, 0.15) is 11.6 Å². The van der Waals surface area contributed by atoms with Crippen LogP contribution in [0.5, 0.6) is 5.75 Å². The van der Waals surface area contributed by atoms with E-state index in [0.717, 1.165) is 27.6 Å². The smallest absolute Gasteiger partial charge is 0.216 e. The molecule has 29 heavy (non-hydrogen) atoms. The van der Waals surface area contributed by atoms with Gasteiger partial charge in [0, 0.05) is 12.0 Å². The minimum absolute atomic E-state index is 0.273. The lowest BCUT2D eigenvalue weighted by Crippen LogP contribution is -2.02. The Morgan fingerprint density at radius 1 is 1.14 bits per heavy atom. The molecule has 0 fully saturated rings. The first kappa shape index (κ1) is 19.0. The molecule has 0 amide bonds. The standard InChI is InChI=1S/C22H19FN4OS/c1-2-28-20-12-9-16-5-3-4-6-18(16)19(20)14-24-27-21(25-26-22(27)29)13-15-7-10-17(23)11-8-15/h3-12,14H,2,13H2,1H3,(H,26,29)/b24-14-. The maximum Gasteiger partial charge on any atom is 0.216 e. The fourth-order valence-electron chi connectivity index (χ4n) is 3.15. The molecular weight excluding hydrogens is 387 g/mol. The molecule has 0 unspecified atom stereocenters. The van der Waals surface area contributed by atoms with Crippen molar-refractivity contribution in [1.29, 1.82) is 0 Å². The predicted molar refractivity (Wildman–Crippen MR) is 115 cm³/mol. The minimum Gasteiger partial charge on any atom is -0.493 e. The molecule has 4 rings (SSSR count). The van der Waals surface area contributed by atoms with Gasteiger partial charge in [-0.2, -0.15) is 14.9 Å². The number of halogens is 1. The van der Waals surface area contributed by atoms with Gasteiger partial charge in [-0.1, -0.05) is 42.5 Å². The largest absolute Gasteiger partial charge is 0.493 e. The summed E-state index contributed by atoms with van der Waals surface area (Å²) in [6.45, 7) is 2.50. The molecule has 0 saturated heterocycles. The summed E-state index contributed by atoms with van der Waals surface area (Å²) in [7, 11) is 0. The van der Waals surface area contributed by atoms with Crippen LogP contribution in [-0.2, 0) is 6.42 Å². The second-order valence-electron chi connectivity index (χ2n) is 6.44. The number of benzene rings is 3. The number of fused-ring (bicyclic) bond motifs is 1. The monoisotopic (exact) mass is 406 g/mol. The molecule has 1 heterocycles. The molecule has 1 N–H and O–H groups in total. The number of nitrogens with one attached hydrogen (secondary N) is 1. The Bertz CT molecular complexity index is 1230. The quantitative estimate of drug-likeness (QED) is 0.358. The van der Waals surface area contributed by atoms with Crippen molar-refractivity contribution in [2.75, 3.05) is 6.61 Å². The van der Waals surface area contributed by atoms with Crippen molar-refractivity contribution < 1.29 is 9.13 Å². The van der Waals surface area contributed by atoms with Crippen molar-refractivity contribution in [2.24, 2.45) is 5.10 Å². The third-order valence-electron chi connectivity index (χ3n) is 4.53. The van der Waals surface area contributed by atoms with Gasteiger partial charge in [-0.3, -0.25) is 5.10 Å². The Hall–Kier alpha value is -3.32. The SMILES string of the molecule is CCOc1ccc2ccccc2c1/C=N\n1c(Cc2ccc(F)cc2)n[nH]c1=S. The summed E-state index contributed by atoms with van der Waals surface area (Å²) in [4.78, 5) is 0. The van der Waals surface area contributed by atoms with Gasteiger partial charge in [0.15, 0.2) is 5.82 Å². The van der Waals surface area contributed by atoms with E-state index in [0.29, 0.717) is 23.6 Å². The van der Waals surface area contributed by atoms with Crippen molar-refractivity contribution in [1.82, 2.24) is 14.9 Å². The van der Waals surface area contributed by atoms with Gasteiger partial charge >= 0.3 is 0 Å². The summed E-state index contributed by atoms with van der Waals surface area (Å²) in [6, 6.07) is 18.3. The molecule has 7 heteroatoms. The summed E-state index contributed by atoms with van der Waals surface area (Å²) < 4.78 is 20.9. The number of nitrogens with zero attached hydrogens (tertiary/aromatic N) is 3. The number of aromatic amines is 1. The average molecular weight is 406 g/mol. The van der Waals surface area contributed by atoms with Crippen molar-refractivity contribution >= 4 is 29.2 Å². The zero-order valence-corrected chi connectivity index (χ0v) is 16.6. The average Bonchev–Trinajstić information content (AvgIpc) is 3.08. The Labute approximate surface area is 172 Å². The van der Waals surface area contributed by atoms with E-state index in [-0.39, 0.29) is 5.82 Å². The highest BCUT2D eigenvalue weighted by Crippen LogP contribution is 2.27. The van der Waals surface area contributed by atoms with Crippen molar-refractivity contribution in [3.8, 4) is 5.75 Å². The fourth-order valence-corrected chi connectivity index (χ4v) is 3.35. The topological polar surface area (TPSA) is 55.2 Å². The third kappa shape index (κ3) is 4.09. The zero-order chi connectivity index (χ0) is 20.2. The lowest BCUT2D eigenvalue weighted by atomic mass is 10.0. The van der Waals surface area contributed by atoms with Crippen LogP contribution in [0.15, 0.2) is 65.8 Å². The fraction of sp³-hybridized carbons (Fsp3) is 0.136. The number of hydrogen-bond donors (Lipinski definition) is 1. The second-order valence-corrected chi connectivity index (χ2v) is 6.82. The van der Waals surface area contributed by atoms with Crippen LogP contribution in [0.2, 0.25) is 0 Å². The lowest BCUT2D eigenvalue weighted by molar-refractivity contribution is 0.340. The molecule has 0 aliphatic heterocycles. The van der Waals surface area contributed by atoms with Crippen LogP contribution in [0.3, 0.4) is 0 Å². The van der Waals surface area contributed by atoms with E-state index in [4.69, 9.17) is 17.0 Å². The van der Waals surface area contributed by atoms with Crippen LogP contribution in [0.25, 0.3) is 10.8 Å². The molecule has 1 aromatic heterocycles. The summed E-state index contributed by atoms with van der Waals surface area (Å²) in [5.41, 5.74) is 1.79. The number of hydrogen-bond acceptors (Lipinski definition) is 4. The summed E-state index contributed by atoms with van der Waals surface area (Å²) in [6.07, 6.45) is 2.21. The Balaban J connectivity index is 1.73. The number of rotatable bonds is 6. The van der Waals surface area contributed by atoms with Gasteiger partial charge in [-0.15, -0.1) is 0 Å². The molecule has 0 spiro atoms. The Kier molecular flexibility index (Phi) is 5.48. The highest BCUT2D eigenvalue weighted by Gasteiger charge is 2.09. The first-order chi connectivity index (χ1) is 14.2. The van der Waals surface area contributed by atoms with Gasteiger partial charge in [0.25, 0.3) is 0 Å². The van der Waals surface area contributed by atoms with E-state index in [1.807, 2.05) is 43.3 Å². The molecule has 0 bridgehead atoms. The van der Waals surface area contributed by atoms with Crippen molar-refractivity contribution in [3.63, 3.8) is 0 Å². The number of ether oxygens (including phenoxy) is 1. The van der Waals surface area contributed by atoms with E-state index in [9.17, 15) is 4.39 Å². The summed E-state index contributed by atoms with van der Waals surface area (Å²) in [5.74, 6) is 1.12. The van der Waals surface area contributed by atoms with Crippen LogP contribution in [-0.4, -0.2) is 27.7 Å². The molecule has 0 aliphatic carbocycles. The van der Waals surface area contributed by atoms with Gasteiger partial charge in [0.05, 0.1) is 12.8 Å².